The van der Waals surface area contributed by atoms with E-state index in [1.54, 1.807) is 0 Å². The van der Waals surface area contributed by atoms with Crippen molar-refractivity contribution in [2.24, 2.45) is 0 Å². The topological polar surface area (TPSA) is 149 Å². The van der Waals surface area contributed by atoms with Gasteiger partial charge in [-0.1, -0.05) is 212 Å². The lowest BCUT2D eigenvalue weighted by Crippen LogP contribution is -2.29. The molecule has 3 N–H and O–H groups in total. The Morgan fingerprint density at radius 1 is 0.492 bits per heavy atom. The van der Waals surface area contributed by atoms with Crippen LogP contribution in [0.4, 0.5) is 0 Å². The van der Waals surface area contributed by atoms with E-state index >= 15 is 0 Å². The SMILES string of the molecule is CCCCC/C=C/C/C=C/CCCCCCCCCC(=O)OC[C@H](COP(=O)(O)OC[C@@H](O)CO)OC(=O)CCCCCCCCCCCCCCCCCCCCCCC. The first-order valence-electron chi connectivity index (χ1n) is 25.3. The average Bonchev–Trinajstić information content (AvgIpc) is 3.25. The fourth-order valence-corrected chi connectivity index (χ4v) is 7.99. The van der Waals surface area contributed by atoms with E-state index in [1.807, 2.05) is 0 Å². The number of hydrogen-bond acceptors (Lipinski definition) is 9. The van der Waals surface area contributed by atoms with Crippen LogP contribution in [0, 0.1) is 0 Å². The van der Waals surface area contributed by atoms with Gasteiger partial charge in [-0.15, -0.1) is 0 Å². The van der Waals surface area contributed by atoms with Gasteiger partial charge in [0.2, 0.25) is 0 Å². The Labute approximate surface area is 374 Å². The van der Waals surface area contributed by atoms with Crippen LogP contribution in [0.15, 0.2) is 24.3 Å². The molecule has 61 heavy (non-hydrogen) atoms. The summed E-state index contributed by atoms with van der Waals surface area (Å²) in [5, 5.41) is 18.4. The number of rotatable bonds is 48. The van der Waals surface area contributed by atoms with Crippen LogP contribution in [0.25, 0.3) is 0 Å². The molecule has 0 saturated carbocycles. The molecule has 0 heterocycles. The van der Waals surface area contributed by atoms with Crippen molar-refractivity contribution in [2.45, 2.75) is 257 Å². The Balaban J connectivity index is 4.16. The molecule has 1 unspecified atom stereocenters. The summed E-state index contributed by atoms with van der Waals surface area (Å²) in [6, 6.07) is 0. The molecule has 0 radical (unpaired) electrons. The zero-order valence-electron chi connectivity index (χ0n) is 39.4. The van der Waals surface area contributed by atoms with Gasteiger partial charge in [-0.25, -0.2) is 4.57 Å². The van der Waals surface area contributed by atoms with Gasteiger partial charge in [0, 0.05) is 12.8 Å². The maximum atomic E-state index is 12.7. The number of ether oxygens (including phenoxy) is 2. The first kappa shape index (κ1) is 59.5. The Hall–Kier alpha value is -1.55. The summed E-state index contributed by atoms with van der Waals surface area (Å²) in [5.41, 5.74) is 0. The van der Waals surface area contributed by atoms with Crippen molar-refractivity contribution in [2.75, 3.05) is 26.4 Å². The molecule has 0 aromatic heterocycles. The van der Waals surface area contributed by atoms with E-state index < -0.39 is 51.8 Å². The molecule has 3 atom stereocenters. The van der Waals surface area contributed by atoms with Gasteiger partial charge in [0.05, 0.1) is 19.8 Å². The van der Waals surface area contributed by atoms with Crippen molar-refractivity contribution in [3.05, 3.63) is 24.3 Å². The number of aliphatic hydroxyl groups is 2. The number of phosphoric ester groups is 1. The Morgan fingerprint density at radius 2 is 0.852 bits per heavy atom. The third kappa shape index (κ3) is 46.3. The second kappa shape index (κ2) is 46.4. The van der Waals surface area contributed by atoms with E-state index in [4.69, 9.17) is 23.6 Å². The van der Waals surface area contributed by atoms with Crippen LogP contribution in [-0.2, 0) is 32.7 Å². The molecule has 0 aromatic rings. The molecular formula is C50H95O10P. The molecule has 0 spiro atoms. The summed E-state index contributed by atoms with van der Waals surface area (Å²) in [5.74, 6) is -0.921. The van der Waals surface area contributed by atoms with Crippen LogP contribution in [-0.4, -0.2) is 65.7 Å². The van der Waals surface area contributed by atoms with Crippen LogP contribution < -0.4 is 0 Å². The second-order valence-corrected chi connectivity index (χ2v) is 18.7. The molecule has 0 aliphatic carbocycles. The van der Waals surface area contributed by atoms with Crippen LogP contribution in [0.1, 0.15) is 245 Å². The van der Waals surface area contributed by atoms with E-state index in [0.29, 0.717) is 12.8 Å². The first-order valence-corrected chi connectivity index (χ1v) is 26.8. The Bertz CT molecular complexity index is 1070. The van der Waals surface area contributed by atoms with E-state index in [2.05, 4.69) is 38.2 Å². The zero-order valence-corrected chi connectivity index (χ0v) is 40.3. The van der Waals surface area contributed by atoms with Crippen molar-refractivity contribution >= 4 is 19.8 Å². The highest BCUT2D eigenvalue weighted by Crippen LogP contribution is 2.43. The summed E-state index contributed by atoms with van der Waals surface area (Å²) in [7, 11) is -4.62. The lowest BCUT2D eigenvalue weighted by atomic mass is 10.0. The maximum Gasteiger partial charge on any atom is 0.472 e. The van der Waals surface area contributed by atoms with Crippen LogP contribution in [0.3, 0.4) is 0 Å². The quantitative estimate of drug-likeness (QED) is 0.0233. The van der Waals surface area contributed by atoms with Gasteiger partial charge in [0.1, 0.15) is 12.7 Å². The molecule has 0 aliphatic heterocycles. The molecule has 11 heteroatoms. The molecular weight excluding hydrogens is 792 g/mol. The Morgan fingerprint density at radius 3 is 1.30 bits per heavy atom. The number of esters is 2. The van der Waals surface area contributed by atoms with Crippen molar-refractivity contribution < 1.29 is 47.8 Å². The van der Waals surface area contributed by atoms with Gasteiger partial charge in [0.25, 0.3) is 0 Å². The van der Waals surface area contributed by atoms with E-state index in [-0.39, 0.29) is 19.4 Å². The van der Waals surface area contributed by atoms with Gasteiger partial charge in [-0.05, 0) is 44.9 Å². The number of carbonyl (C=O) groups is 2. The number of unbranched alkanes of at least 4 members (excludes halogenated alkanes) is 30. The summed E-state index contributed by atoms with van der Waals surface area (Å²) in [6.45, 7) is 2.40. The van der Waals surface area contributed by atoms with E-state index in [1.165, 1.54) is 154 Å². The van der Waals surface area contributed by atoms with Gasteiger partial charge in [-0.3, -0.25) is 18.6 Å². The molecule has 0 fully saturated rings. The molecule has 0 rings (SSSR count). The van der Waals surface area contributed by atoms with Crippen LogP contribution in [0.2, 0.25) is 0 Å². The highest BCUT2D eigenvalue weighted by Gasteiger charge is 2.27. The largest absolute Gasteiger partial charge is 0.472 e. The molecule has 0 amide bonds. The normalized spacial score (nSPS) is 13.9. The number of hydrogen-bond donors (Lipinski definition) is 3. The standard InChI is InChI=1S/C50H95O10P/c1-3-5-7-9-11-13-15-17-19-21-22-23-24-26-28-30-32-34-36-38-40-42-50(54)60-48(46-59-61(55,56)58-44-47(52)43-51)45-57-49(53)41-39-37-35-33-31-29-27-25-20-18-16-14-12-10-8-6-4-2/h12,14,18,20,47-48,51-52H,3-11,13,15-17,19,21-46H2,1-2H3,(H,55,56)/b14-12+,20-18+/t47-,48+/m0/s1. The minimum atomic E-state index is -4.62. The zero-order chi connectivity index (χ0) is 44.8. The smallest absolute Gasteiger partial charge is 0.462 e. The minimum absolute atomic E-state index is 0.188. The van der Waals surface area contributed by atoms with Crippen LogP contribution in [0.5, 0.6) is 0 Å². The predicted molar refractivity (Wildman–Crippen MR) is 252 cm³/mol. The lowest BCUT2D eigenvalue weighted by molar-refractivity contribution is -0.161. The number of phosphoric acid groups is 1. The Kier molecular flexibility index (Phi) is 45.3. The summed E-state index contributed by atoms with van der Waals surface area (Å²) in [6.07, 6.45) is 48.6. The average molecular weight is 887 g/mol. The molecule has 0 saturated heterocycles. The monoisotopic (exact) mass is 887 g/mol. The van der Waals surface area contributed by atoms with Crippen molar-refractivity contribution in [3.63, 3.8) is 0 Å². The highest BCUT2D eigenvalue weighted by molar-refractivity contribution is 7.47. The number of carbonyl (C=O) groups excluding carboxylic acids is 2. The fourth-order valence-electron chi connectivity index (χ4n) is 7.20. The van der Waals surface area contributed by atoms with Crippen molar-refractivity contribution in [1.82, 2.24) is 0 Å². The molecule has 0 bridgehead atoms. The first-order chi connectivity index (χ1) is 29.7. The molecule has 10 nitrogen and oxygen atoms in total. The fraction of sp³-hybridized carbons (Fsp3) is 0.880. The van der Waals surface area contributed by atoms with E-state index in [0.717, 1.165) is 51.4 Å². The minimum Gasteiger partial charge on any atom is -0.462 e. The lowest BCUT2D eigenvalue weighted by Gasteiger charge is -2.20. The van der Waals surface area contributed by atoms with Gasteiger partial charge < -0.3 is 24.6 Å². The number of aliphatic hydroxyl groups excluding tert-OH is 2. The summed E-state index contributed by atoms with van der Waals surface area (Å²) < 4.78 is 32.9. The van der Waals surface area contributed by atoms with Gasteiger partial charge in [0.15, 0.2) is 6.10 Å². The molecule has 0 aliphatic rings. The van der Waals surface area contributed by atoms with Crippen molar-refractivity contribution in [3.8, 4) is 0 Å². The third-order valence-electron chi connectivity index (χ3n) is 11.1. The van der Waals surface area contributed by atoms with Gasteiger partial charge >= 0.3 is 19.8 Å². The predicted octanol–water partition coefficient (Wildman–Crippen LogP) is 14.1. The maximum absolute atomic E-state index is 12.7. The number of allylic oxidation sites excluding steroid dienone is 4. The summed E-state index contributed by atoms with van der Waals surface area (Å²) >= 11 is 0. The third-order valence-corrected chi connectivity index (χ3v) is 12.1. The van der Waals surface area contributed by atoms with Gasteiger partial charge in [-0.2, -0.15) is 0 Å². The van der Waals surface area contributed by atoms with Crippen molar-refractivity contribution in [1.29, 1.82) is 0 Å². The second-order valence-electron chi connectivity index (χ2n) is 17.2. The molecule has 0 aromatic carbocycles. The van der Waals surface area contributed by atoms with Crippen LogP contribution >= 0.6 is 7.82 Å². The van der Waals surface area contributed by atoms with E-state index in [9.17, 15) is 24.2 Å². The molecule has 360 valence electrons. The summed E-state index contributed by atoms with van der Waals surface area (Å²) in [4.78, 5) is 35.1. The highest BCUT2D eigenvalue weighted by atomic mass is 31.2.